The Morgan fingerprint density at radius 1 is 1.21 bits per heavy atom. The van der Waals surface area contributed by atoms with E-state index < -0.39 is 11.8 Å². The summed E-state index contributed by atoms with van der Waals surface area (Å²) in [5.74, 6) is -0.688. The Morgan fingerprint density at radius 2 is 1.97 bits per heavy atom. The van der Waals surface area contributed by atoms with Gasteiger partial charge in [-0.15, -0.1) is 5.10 Å². The number of halogens is 1. The van der Waals surface area contributed by atoms with Gasteiger partial charge in [0.1, 0.15) is 17.3 Å². The van der Waals surface area contributed by atoms with Crippen LogP contribution in [0.3, 0.4) is 0 Å². The Bertz CT molecular complexity index is 1280. The Kier molecular flexibility index (Phi) is 5.21. The molecule has 1 aliphatic heterocycles. The lowest BCUT2D eigenvalue weighted by Crippen LogP contribution is -2.43. The molecule has 0 fully saturated rings. The molecule has 0 spiro atoms. The molecule has 9 heteroatoms. The number of carbonyl (C=O) groups excluding carboxylic acids is 2. The standard InChI is InChI=1S/C24H20FN5O3/c1-14-11-18(16-7-9-17(25)10-8-16)22-20(21(14)31)30(13-33-22)29-24(32)23-26-19(27-28-23)12-15-5-3-2-4-6-15/h2-11,14H,12-13H2,1H3,(H,29,32)(H,26,27,28)/t14-/m0/s1. The van der Waals surface area contributed by atoms with Crippen molar-refractivity contribution < 1.29 is 18.7 Å². The molecule has 3 aromatic rings. The van der Waals surface area contributed by atoms with Gasteiger partial charge in [0.2, 0.25) is 5.82 Å². The topological polar surface area (TPSA) is 100 Å². The Hall–Kier alpha value is -4.27. The summed E-state index contributed by atoms with van der Waals surface area (Å²) in [6.45, 7) is 1.72. The molecule has 1 amide bonds. The normalized spacial score (nSPS) is 17.5. The van der Waals surface area contributed by atoms with E-state index in [-0.39, 0.29) is 29.9 Å². The highest BCUT2D eigenvalue weighted by Crippen LogP contribution is 2.38. The quantitative estimate of drug-likeness (QED) is 0.626. The largest absolute Gasteiger partial charge is 0.468 e. The van der Waals surface area contributed by atoms with Gasteiger partial charge in [0, 0.05) is 17.9 Å². The maximum atomic E-state index is 13.4. The average molecular weight is 445 g/mol. The number of aromatic amines is 1. The van der Waals surface area contributed by atoms with E-state index in [1.807, 2.05) is 30.3 Å². The number of hydrogen-bond donors (Lipinski definition) is 2. The van der Waals surface area contributed by atoms with Crippen LogP contribution in [0.1, 0.15) is 34.5 Å². The van der Waals surface area contributed by atoms with Crippen LogP contribution in [-0.2, 0) is 16.0 Å². The summed E-state index contributed by atoms with van der Waals surface area (Å²) in [5.41, 5.74) is 5.34. The fourth-order valence-electron chi connectivity index (χ4n) is 3.83. The number of nitrogens with one attached hydrogen (secondary N) is 2. The van der Waals surface area contributed by atoms with Gasteiger partial charge in [-0.3, -0.25) is 20.1 Å². The van der Waals surface area contributed by atoms with Crippen LogP contribution in [0, 0.1) is 11.7 Å². The molecule has 8 nitrogen and oxygen atoms in total. The van der Waals surface area contributed by atoms with Crippen LogP contribution in [0.5, 0.6) is 0 Å². The molecule has 1 aromatic heterocycles. The number of nitrogens with zero attached hydrogens (tertiary/aromatic N) is 3. The zero-order valence-corrected chi connectivity index (χ0v) is 17.7. The maximum absolute atomic E-state index is 13.4. The molecular formula is C24H20FN5O3. The van der Waals surface area contributed by atoms with Crippen LogP contribution in [0.2, 0.25) is 0 Å². The fourth-order valence-corrected chi connectivity index (χ4v) is 3.83. The molecule has 1 aliphatic carbocycles. The molecule has 1 atom stereocenters. The van der Waals surface area contributed by atoms with Gasteiger partial charge in [-0.05, 0) is 23.3 Å². The highest BCUT2D eigenvalue weighted by Gasteiger charge is 2.38. The van der Waals surface area contributed by atoms with Crippen molar-refractivity contribution in [2.75, 3.05) is 6.73 Å². The predicted octanol–water partition coefficient (Wildman–Crippen LogP) is 2.98. The third-order valence-corrected chi connectivity index (χ3v) is 5.47. The van der Waals surface area contributed by atoms with E-state index in [1.54, 1.807) is 25.1 Å². The minimum atomic E-state index is -0.568. The van der Waals surface area contributed by atoms with Crippen molar-refractivity contribution in [3.63, 3.8) is 0 Å². The molecule has 2 heterocycles. The molecule has 0 saturated heterocycles. The second-order valence-electron chi connectivity index (χ2n) is 7.83. The number of H-pyrrole nitrogens is 1. The van der Waals surface area contributed by atoms with E-state index in [2.05, 4.69) is 20.6 Å². The van der Waals surface area contributed by atoms with Crippen molar-refractivity contribution in [3.05, 3.63) is 101 Å². The Labute approximate surface area is 188 Å². The number of hydrogen-bond acceptors (Lipinski definition) is 6. The van der Waals surface area contributed by atoms with Crippen molar-refractivity contribution in [3.8, 4) is 0 Å². The van der Waals surface area contributed by atoms with Crippen molar-refractivity contribution in [1.29, 1.82) is 0 Å². The van der Waals surface area contributed by atoms with Gasteiger partial charge >= 0.3 is 5.91 Å². The van der Waals surface area contributed by atoms with Gasteiger partial charge in [-0.25, -0.2) is 14.4 Å². The molecule has 0 saturated carbocycles. The van der Waals surface area contributed by atoms with E-state index >= 15 is 0 Å². The molecule has 0 bridgehead atoms. The summed E-state index contributed by atoms with van der Waals surface area (Å²) < 4.78 is 19.1. The summed E-state index contributed by atoms with van der Waals surface area (Å²) >= 11 is 0. The number of aromatic nitrogens is 3. The van der Waals surface area contributed by atoms with Gasteiger partial charge in [-0.1, -0.05) is 55.5 Å². The SMILES string of the molecule is C[C@H]1C=C(c2ccc(F)cc2)C2=C(C1=O)N(NC(=O)c1n[nH]c(Cc3ccccc3)n1)CO2. The summed E-state index contributed by atoms with van der Waals surface area (Å²) in [6.07, 6.45) is 2.29. The first-order valence-corrected chi connectivity index (χ1v) is 10.4. The number of ketones is 1. The van der Waals surface area contributed by atoms with Gasteiger partial charge in [0.25, 0.3) is 0 Å². The Morgan fingerprint density at radius 3 is 2.73 bits per heavy atom. The summed E-state index contributed by atoms with van der Waals surface area (Å²) in [5, 5.41) is 8.14. The second-order valence-corrected chi connectivity index (χ2v) is 7.83. The number of Topliss-reactive ketones (excluding diaryl/α,β-unsaturated/α-hetero) is 1. The van der Waals surface area contributed by atoms with Crippen LogP contribution >= 0.6 is 0 Å². The first-order valence-electron chi connectivity index (χ1n) is 10.4. The summed E-state index contributed by atoms with van der Waals surface area (Å²) in [4.78, 5) is 29.9. The maximum Gasteiger partial charge on any atom is 0.309 e. The van der Waals surface area contributed by atoms with Gasteiger partial charge in [-0.2, -0.15) is 0 Å². The van der Waals surface area contributed by atoms with E-state index in [4.69, 9.17) is 4.74 Å². The monoisotopic (exact) mass is 445 g/mol. The van der Waals surface area contributed by atoms with Crippen molar-refractivity contribution >= 4 is 17.3 Å². The smallest absolute Gasteiger partial charge is 0.309 e. The minimum absolute atomic E-state index is 0.0411. The van der Waals surface area contributed by atoms with Crippen LogP contribution in [-0.4, -0.2) is 38.6 Å². The van der Waals surface area contributed by atoms with E-state index in [1.165, 1.54) is 17.1 Å². The van der Waals surface area contributed by atoms with E-state index in [0.717, 1.165) is 11.1 Å². The van der Waals surface area contributed by atoms with Crippen molar-refractivity contribution in [1.82, 2.24) is 25.6 Å². The number of benzene rings is 2. The zero-order chi connectivity index (χ0) is 22.9. The fraction of sp³-hybridized carbons (Fsp3) is 0.167. The number of ether oxygens (including phenoxy) is 1. The third kappa shape index (κ3) is 4.00. The highest BCUT2D eigenvalue weighted by atomic mass is 19.1. The first-order chi connectivity index (χ1) is 16.0. The Balaban J connectivity index is 1.35. The van der Waals surface area contributed by atoms with Crippen molar-refractivity contribution in [2.24, 2.45) is 5.92 Å². The van der Waals surface area contributed by atoms with Gasteiger partial charge in [0.15, 0.2) is 18.3 Å². The second kappa shape index (κ2) is 8.34. The van der Waals surface area contributed by atoms with Gasteiger partial charge < -0.3 is 4.74 Å². The molecule has 2 aromatic carbocycles. The van der Waals surface area contributed by atoms with Crippen molar-refractivity contribution in [2.45, 2.75) is 13.3 Å². The number of hydrazine groups is 1. The number of carbonyl (C=O) groups is 2. The molecule has 166 valence electrons. The van der Waals surface area contributed by atoms with Crippen LogP contribution in [0.15, 0.2) is 72.1 Å². The molecule has 5 rings (SSSR count). The zero-order valence-electron chi connectivity index (χ0n) is 17.7. The summed E-state index contributed by atoms with van der Waals surface area (Å²) in [7, 11) is 0. The minimum Gasteiger partial charge on any atom is -0.468 e. The molecule has 33 heavy (non-hydrogen) atoms. The summed E-state index contributed by atoms with van der Waals surface area (Å²) in [6, 6.07) is 15.6. The van der Waals surface area contributed by atoms with E-state index in [0.29, 0.717) is 23.6 Å². The first kappa shape index (κ1) is 20.6. The molecule has 2 aliphatic rings. The molecule has 0 radical (unpaired) electrons. The lowest BCUT2D eigenvalue weighted by molar-refractivity contribution is -0.119. The number of allylic oxidation sites excluding steroid dienone is 3. The van der Waals surface area contributed by atoms with Crippen LogP contribution in [0.25, 0.3) is 5.57 Å². The lowest BCUT2D eigenvalue weighted by Gasteiger charge is -2.23. The molecule has 0 unspecified atom stereocenters. The lowest BCUT2D eigenvalue weighted by atomic mass is 9.89. The number of amides is 1. The molecular weight excluding hydrogens is 425 g/mol. The van der Waals surface area contributed by atoms with Crippen LogP contribution in [0.4, 0.5) is 4.39 Å². The predicted molar refractivity (Wildman–Crippen MR) is 116 cm³/mol. The van der Waals surface area contributed by atoms with Gasteiger partial charge in [0.05, 0.1) is 0 Å². The average Bonchev–Trinajstić information content (AvgIpc) is 3.45. The molecule has 2 N–H and O–H groups in total. The van der Waals surface area contributed by atoms with Crippen LogP contribution < -0.4 is 5.43 Å². The third-order valence-electron chi connectivity index (χ3n) is 5.47. The van der Waals surface area contributed by atoms with E-state index in [9.17, 15) is 14.0 Å². The highest BCUT2D eigenvalue weighted by molar-refractivity contribution is 6.05. The number of rotatable bonds is 5.